The number of hydrogen-bond acceptors (Lipinski definition) is 3. The number of benzene rings is 3. The minimum absolute atomic E-state index is 0.0872. The molecule has 0 saturated heterocycles. The molecule has 6 rings (SSSR count). The first kappa shape index (κ1) is 19.2. The van der Waals surface area contributed by atoms with E-state index < -0.39 is 18.6 Å². The molecule has 0 fully saturated rings. The van der Waals surface area contributed by atoms with E-state index in [1.54, 1.807) is 26.8 Å². The fourth-order valence-corrected chi connectivity index (χ4v) is 5.08. The summed E-state index contributed by atoms with van der Waals surface area (Å²) in [6.07, 6.45) is -0.645. The van der Waals surface area contributed by atoms with Crippen molar-refractivity contribution in [3.05, 3.63) is 89.9 Å². The molecule has 0 spiro atoms. The SMILES string of the molecule is [2H]C([2H])([2H])c1cnc(-c2cccc3c2oc2ccc4c(nc(C(C)(C)C)n4-c4ccccc4)c23)cc1C([2H])([2H])C(C)(C)C. The maximum atomic E-state index is 8.94. The van der Waals surface area contributed by atoms with Crippen LogP contribution in [0.4, 0.5) is 0 Å². The summed E-state index contributed by atoms with van der Waals surface area (Å²) in [6.45, 7) is 9.24. The number of pyridine rings is 1. The van der Waals surface area contributed by atoms with Gasteiger partial charge in [0.1, 0.15) is 22.5 Å². The highest BCUT2D eigenvalue weighted by molar-refractivity contribution is 6.19. The molecule has 0 aliphatic carbocycles. The van der Waals surface area contributed by atoms with Crippen LogP contribution in [0.1, 0.15) is 65.3 Å². The Hall–Kier alpha value is -3.92. The van der Waals surface area contributed by atoms with Crippen LogP contribution in [0.2, 0.25) is 0 Å². The fourth-order valence-electron chi connectivity index (χ4n) is 5.08. The summed E-state index contributed by atoms with van der Waals surface area (Å²) in [5.41, 5.74) is 4.13. The fraction of sp³-hybridized carbons (Fsp3) is 0.294. The van der Waals surface area contributed by atoms with Crippen LogP contribution in [-0.4, -0.2) is 14.5 Å². The molecule has 6 aromatic rings. The molecule has 0 atom stereocenters. The second-order valence-electron chi connectivity index (χ2n) is 11.9. The maximum absolute atomic E-state index is 8.94. The first-order chi connectivity index (χ1) is 20.0. The second-order valence-corrected chi connectivity index (χ2v) is 11.9. The van der Waals surface area contributed by atoms with Crippen molar-refractivity contribution in [2.24, 2.45) is 5.41 Å². The van der Waals surface area contributed by atoms with Crippen LogP contribution in [0.3, 0.4) is 0 Å². The van der Waals surface area contributed by atoms with E-state index in [-0.39, 0.29) is 16.5 Å². The summed E-state index contributed by atoms with van der Waals surface area (Å²) in [6, 6.07) is 21.6. The van der Waals surface area contributed by atoms with Crippen LogP contribution in [-0.2, 0) is 11.8 Å². The molecule has 0 bridgehead atoms. The van der Waals surface area contributed by atoms with Crippen molar-refractivity contribution in [3.63, 3.8) is 0 Å². The normalized spacial score (nSPS) is 15.4. The predicted octanol–water partition coefficient (Wildman–Crippen LogP) is 9.18. The van der Waals surface area contributed by atoms with E-state index in [0.717, 1.165) is 33.3 Å². The lowest BCUT2D eigenvalue weighted by Crippen LogP contribution is -2.18. The topological polar surface area (TPSA) is 43.9 Å². The zero-order valence-corrected chi connectivity index (χ0v) is 22.7. The van der Waals surface area contributed by atoms with Gasteiger partial charge in [-0.25, -0.2) is 4.98 Å². The van der Waals surface area contributed by atoms with Crippen molar-refractivity contribution in [1.29, 1.82) is 0 Å². The van der Waals surface area contributed by atoms with Crippen molar-refractivity contribution in [3.8, 4) is 16.9 Å². The summed E-state index contributed by atoms with van der Waals surface area (Å²) < 4.78 is 50.8. The molecule has 0 radical (unpaired) electrons. The van der Waals surface area contributed by atoms with Gasteiger partial charge in [-0.1, -0.05) is 71.9 Å². The monoisotopic (exact) mass is 506 g/mol. The lowest BCUT2D eigenvalue weighted by atomic mass is 9.86. The van der Waals surface area contributed by atoms with Gasteiger partial charge < -0.3 is 4.42 Å². The molecule has 3 heterocycles. The van der Waals surface area contributed by atoms with Gasteiger partial charge in [-0.2, -0.15) is 0 Å². The molecule has 4 heteroatoms. The van der Waals surface area contributed by atoms with Gasteiger partial charge in [0.15, 0.2) is 0 Å². The first-order valence-corrected chi connectivity index (χ1v) is 12.9. The molecule has 192 valence electrons. The van der Waals surface area contributed by atoms with E-state index >= 15 is 0 Å². The molecule has 4 nitrogen and oxygen atoms in total. The quantitative estimate of drug-likeness (QED) is 0.240. The standard InChI is InChI=1S/C34H35N3O/c1-21-20-35-26(18-22(21)19-33(2,3)4)24-14-11-15-25-29-28(38-31(24)25)17-16-27-30(29)36-32(34(5,6)7)37(27)23-12-9-8-10-13-23/h8-18,20H,19H2,1-7H3/i1D3,19D2. The van der Waals surface area contributed by atoms with Crippen molar-refractivity contribution < 1.29 is 11.3 Å². The number of hydrogen-bond donors (Lipinski definition) is 0. The highest BCUT2D eigenvalue weighted by atomic mass is 16.3. The van der Waals surface area contributed by atoms with E-state index in [1.807, 2.05) is 48.5 Å². The zero-order valence-electron chi connectivity index (χ0n) is 27.7. The summed E-state index contributed by atoms with van der Waals surface area (Å²) >= 11 is 0. The van der Waals surface area contributed by atoms with Gasteiger partial charge in [-0.05, 0) is 66.2 Å². The molecule has 0 aliphatic rings. The summed E-state index contributed by atoms with van der Waals surface area (Å²) in [7, 11) is 0. The third-order valence-corrected chi connectivity index (χ3v) is 6.66. The van der Waals surface area contributed by atoms with Crippen LogP contribution in [0.5, 0.6) is 0 Å². The number of furan rings is 1. The Kier molecular flexibility index (Phi) is 4.32. The Morgan fingerprint density at radius 2 is 1.74 bits per heavy atom. The van der Waals surface area contributed by atoms with Gasteiger partial charge in [0, 0.05) is 35.1 Å². The Morgan fingerprint density at radius 1 is 0.947 bits per heavy atom. The van der Waals surface area contributed by atoms with Gasteiger partial charge in [-0.3, -0.25) is 9.55 Å². The Bertz CT molecular complexity index is 2010. The van der Waals surface area contributed by atoms with E-state index in [1.165, 1.54) is 6.20 Å². The van der Waals surface area contributed by atoms with Crippen molar-refractivity contribution >= 4 is 33.0 Å². The largest absolute Gasteiger partial charge is 0.455 e. The maximum Gasteiger partial charge on any atom is 0.144 e. The number of aromatic nitrogens is 3. The van der Waals surface area contributed by atoms with Crippen LogP contribution >= 0.6 is 0 Å². The third kappa shape index (κ3) is 4.09. The Labute approximate surface area is 231 Å². The summed E-state index contributed by atoms with van der Waals surface area (Å²) in [5, 5.41) is 1.75. The average Bonchev–Trinajstić information content (AvgIpc) is 3.51. The Morgan fingerprint density at radius 3 is 2.45 bits per heavy atom. The molecular formula is C34H35N3O. The summed E-state index contributed by atoms with van der Waals surface area (Å²) in [4.78, 5) is 9.74. The Balaban J connectivity index is 1.64. The smallest absolute Gasteiger partial charge is 0.144 e. The lowest BCUT2D eigenvalue weighted by molar-refractivity contribution is 0.410. The number of fused-ring (bicyclic) bond motifs is 5. The molecule has 0 aliphatic heterocycles. The summed E-state index contributed by atoms with van der Waals surface area (Å²) in [5.74, 6) is 0.933. The zero-order chi connectivity index (χ0) is 31.1. The second kappa shape index (κ2) is 8.56. The molecule has 0 unspecified atom stereocenters. The van der Waals surface area contributed by atoms with Gasteiger partial charge in [0.05, 0.1) is 16.6 Å². The molecule has 3 aromatic heterocycles. The van der Waals surface area contributed by atoms with Crippen LogP contribution < -0.4 is 0 Å². The number of rotatable bonds is 3. The van der Waals surface area contributed by atoms with E-state index in [4.69, 9.17) is 16.3 Å². The van der Waals surface area contributed by atoms with Gasteiger partial charge >= 0.3 is 0 Å². The predicted molar refractivity (Wildman–Crippen MR) is 158 cm³/mol. The van der Waals surface area contributed by atoms with E-state index in [0.29, 0.717) is 22.4 Å². The van der Waals surface area contributed by atoms with Gasteiger partial charge in [0.25, 0.3) is 0 Å². The molecular weight excluding hydrogens is 466 g/mol. The highest BCUT2D eigenvalue weighted by Gasteiger charge is 2.26. The minimum Gasteiger partial charge on any atom is -0.455 e. The van der Waals surface area contributed by atoms with Crippen LogP contribution in [0, 0.1) is 12.3 Å². The molecule has 0 amide bonds. The molecule has 3 aromatic carbocycles. The molecule has 0 saturated carbocycles. The number of imidazole rings is 1. The van der Waals surface area contributed by atoms with Crippen LogP contribution in [0.15, 0.2) is 77.3 Å². The first-order valence-electron chi connectivity index (χ1n) is 15.4. The highest BCUT2D eigenvalue weighted by Crippen LogP contribution is 2.41. The van der Waals surface area contributed by atoms with Crippen LogP contribution in [0.25, 0.3) is 49.9 Å². The van der Waals surface area contributed by atoms with Crippen molar-refractivity contribution in [1.82, 2.24) is 14.5 Å². The number of aryl methyl sites for hydroxylation is 1. The molecule has 0 N–H and O–H groups in total. The average molecular weight is 507 g/mol. The number of nitrogens with zero attached hydrogens (tertiary/aromatic N) is 3. The molecule has 38 heavy (non-hydrogen) atoms. The van der Waals surface area contributed by atoms with E-state index in [2.05, 4.69) is 42.5 Å². The van der Waals surface area contributed by atoms with Crippen molar-refractivity contribution in [2.75, 3.05) is 0 Å². The van der Waals surface area contributed by atoms with Gasteiger partial charge in [0.2, 0.25) is 0 Å². The third-order valence-electron chi connectivity index (χ3n) is 6.66. The minimum atomic E-state index is -2.52. The van der Waals surface area contributed by atoms with E-state index in [9.17, 15) is 0 Å². The number of para-hydroxylation sites is 2. The lowest BCUT2D eigenvalue weighted by Gasteiger charge is -2.20. The van der Waals surface area contributed by atoms with Crippen molar-refractivity contribution in [2.45, 2.75) is 60.2 Å². The van der Waals surface area contributed by atoms with Gasteiger partial charge in [-0.15, -0.1) is 0 Å².